The highest BCUT2D eigenvalue weighted by Gasteiger charge is 2.50. The minimum absolute atomic E-state index is 0. The third kappa shape index (κ3) is 5.06. The number of hydrazone groups is 1. The van der Waals surface area contributed by atoms with Gasteiger partial charge in [-0.05, 0) is 31.2 Å². The van der Waals surface area contributed by atoms with Crippen molar-refractivity contribution in [2.24, 2.45) is 16.8 Å². The monoisotopic (exact) mass is 475 g/mol. The highest BCUT2D eigenvalue weighted by atomic mass is 35.5. The summed E-state index contributed by atoms with van der Waals surface area (Å²) in [5.74, 6) is -0.870. The van der Waals surface area contributed by atoms with E-state index in [9.17, 15) is 9.18 Å². The van der Waals surface area contributed by atoms with E-state index in [1.165, 1.54) is 23.2 Å². The van der Waals surface area contributed by atoms with Crippen LogP contribution in [0.5, 0.6) is 0 Å². The third-order valence-corrected chi connectivity index (χ3v) is 4.93. The van der Waals surface area contributed by atoms with E-state index in [4.69, 9.17) is 22.1 Å². The molecule has 9 heteroatoms. The normalized spacial score (nSPS) is 17.7. The predicted molar refractivity (Wildman–Crippen MR) is 122 cm³/mol. The van der Waals surface area contributed by atoms with Crippen molar-refractivity contribution in [3.05, 3.63) is 70.5 Å². The zero-order chi connectivity index (χ0) is 20.3. The molecule has 5 nitrogen and oxygen atoms in total. The number of benzene rings is 2. The van der Waals surface area contributed by atoms with Gasteiger partial charge in [-0.3, -0.25) is 4.79 Å². The van der Waals surface area contributed by atoms with E-state index in [1.807, 2.05) is 30.3 Å². The Morgan fingerprint density at radius 2 is 1.90 bits per heavy atom. The molecular formula is C21H25Cl3FN3O2. The minimum Gasteiger partial charge on any atom is -0.443 e. The maximum Gasteiger partial charge on any atom is 0.249 e. The number of nitrogens with two attached hydrogens (primary N) is 1. The van der Waals surface area contributed by atoms with Gasteiger partial charge >= 0.3 is 0 Å². The van der Waals surface area contributed by atoms with Crippen LogP contribution in [-0.2, 0) is 15.3 Å². The number of rotatable bonds is 6. The van der Waals surface area contributed by atoms with E-state index < -0.39 is 11.5 Å². The Labute approximate surface area is 193 Å². The van der Waals surface area contributed by atoms with Crippen LogP contribution in [0.3, 0.4) is 0 Å². The molecule has 164 valence electrons. The first-order valence-electron chi connectivity index (χ1n) is 9.22. The lowest BCUT2D eigenvalue weighted by atomic mass is 9.95. The number of carbonyl (C=O) groups excluding carboxylic acids is 1. The molecule has 30 heavy (non-hydrogen) atoms. The van der Waals surface area contributed by atoms with Crippen LogP contribution in [0.25, 0.3) is 0 Å². The third-order valence-electron chi connectivity index (χ3n) is 4.60. The van der Waals surface area contributed by atoms with Crippen LogP contribution >= 0.6 is 36.4 Å². The van der Waals surface area contributed by atoms with Crippen molar-refractivity contribution in [2.75, 3.05) is 6.54 Å². The van der Waals surface area contributed by atoms with Crippen molar-refractivity contribution in [3.8, 4) is 0 Å². The smallest absolute Gasteiger partial charge is 0.249 e. The van der Waals surface area contributed by atoms with E-state index in [0.717, 1.165) is 5.56 Å². The summed E-state index contributed by atoms with van der Waals surface area (Å²) in [5.41, 5.74) is 5.65. The van der Waals surface area contributed by atoms with Gasteiger partial charge in [-0.2, -0.15) is 5.01 Å². The van der Waals surface area contributed by atoms with Gasteiger partial charge in [0.15, 0.2) is 0 Å². The second-order valence-electron chi connectivity index (χ2n) is 6.98. The summed E-state index contributed by atoms with van der Waals surface area (Å²) in [6, 6.07) is 13.3. The van der Waals surface area contributed by atoms with Crippen LogP contribution in [0.1, 0.15) is 37.8 Å². The number of hydrogen-bond donors (Lipinski definition) is 1. The van der Waals surface area contributed by atoms with E-state index in [2.05, 4.69) is 5.10 Å². The minimum atomic E-state index is -1.16. The van der Waals surface area contributed by atoms with Crippen molar-refractivity contribution >= 4 is 48.2 Å². The molecule has 0 radical (unpaired) electrons. The highest BCUT2D eigenvalue weighted by molar-refractivity contribution is 6.33. The molecule has 2 aromatic rings. The molecule has 1 atom stereocenters. The summed E-state index contributed by atoms with van der Waals surface area (Å²) in [6.45, 7) is 4.02. The Balaban J connectivity index is 0.00000225. The average molecular weight is 477 g/mol. The molecular weight excluding hydrogens is 452 g/mol. The molecule has 0 spiro atoms. The summed E-state index contributed by atoms with van der Waals surface area (Å²) in [5, 5.41) is 6.10. The Kier molecular flexibility index (Phi) is 9.56. The molecule has 0 aliphatic carbocycles. The lowest BCUT2D eigenvalue weighted by Gasteiger charge is -2.36. The Bertz CT molecular complexity index is 896. The van der Waals surface area contributed by atoms with Gasteiger partial charge in [-0.1, -0.05) is 55.8 Å². The summed E-state index contributed by atoms with van der Waals surface area (Å²) in [7, 11) is 0. The fourth-order valence-corrected chi connectivity index (χ4v) is 3.36. The Morgan fingerprint density at radius 3 is 2.50 bits per heavy atom. The van der Waals surface area contributed by atoms with E-state index in [0.29, 0.717) is 30.0 Å². The van der Waals surface area contributed by atoms with Crippen molar-refractivity contribution in [1.29, 1.82) is 0 Å². The molecule has 1 amide bonds. The molecule has 2 aromatic carbocycles. The molecule has 1 unspecified atom stereocenters. The van der Waals surface area contributed by atoms with Crippen LogP contribution in [0.4, 0.5) is 4.39 Å². The first-order chi connectivity index (χ1) is 13.4. The summed E-state index contributed by atoms with van der Waals surface area (Å²) in [4.78, 5) is 13.0. The van der Waals surface area contributed by atoms with E-state index >= 15 is 0 Å². The quantitative estimate of drug-likeness (QED) is 0.631. The maximum absolute atomic E-state index is 13.8. The average Bonchev–Trinajstić information content (AvgIpc) is 3.08. The standard InChI is InChI=1S/C21H23ClFN3O2.2ClH/c1-14(2)20(27)26-21(11-6-12-24,15-7-4-3-5-8-15)28-19(25-26)17-13-16(23)9-10-18(17)22;;/h3-5,7-10,13-14H,6,11-12,24H2,1-2H3;2*1H. The Hall–Kier alpha value is -1.86. The summed E-state index contributed by atoms with van der Waals surface area (Å²) >= 11 is 6.26. The molecule has 0 bridgehead atoms. The molecule has 1 heterocycles. The van der Waals surface area contributed by atoms with Gasteiger partial charge in [-0.25, -0.2) is 4.39 Å². The SMILES string of the molecule is CC(C)C(=O)N1N=C(c2cc(F)ccc2Cl)OC1(CCCN)c1ccccc1.Cl.Cl. The summed E-state index contributed by atoms with van der Waals surface area (Å²) < 4.78 is 20.1. The second-order valence-corrected chi connectivity index (χ2v) is 7.39. The van der Waals surface area contributed by atoms with Crippen molar-refractivity contribution in [3.63, 3.8) is 0 Å². The number of halogens is 4. The molecule has 0 fully saturated rings. The molecule has 0 saturated carbocycles. The first-order valence-corrected chi connectivity index (χ1v) is 9.59. The van der Waals surface area contributed by atoms with Crippen molar-refractivity contribution in [1.82, 2.24) is 5.01 Å². The zero-order valence-corrected chi connectivity index (χ0v) is 19.1. The van der Waals surface area contributed by atoms with Gasteiger partial charge < -0.3 is 10.5 Å². The van der Waals surface area contributed by atoms with Crippen LogP contribution in [0.15, 0.2) is 53.6 Å². The van der Waals surface area contributed by atoms with Gasteiger partial charge in [0, 0.05) is 17.9 Å². The number of nitrogens with zero attached hydrogens (tertiary/aromatic N) is 2. The lowest BCUT2D eigenvalue weighted by molar-refractivity contribution is -0.156. The van der Waals surface area contributed by atoms with E-state index in [-0.39, 0.29) is 42.5 Å². The molecule has 0 aromatic heterocycles. The number of ether oxygens (including phenoxy) is 1. The predicted octanol–water partition coefficient (Wildman–Crippen LogP) is 5.09. The maximum atomic E-state index is 13.8. The zero-order valence-electron chi connectivity index (χ0n) is 16.7. The highest BCUT2D eigenvalue weighted by Crippen LogP contribution is 2.42. The summed E-state index contributed by atoms with van der Waals surface area (Å²) in [6.07, 6.45) is 1.04. The molecule has 1 aliphatic rings. The second kappa shape index (κ2) is 11.0. The van der Waals surface area contributed by atoms with Gasteiger partial charge in [0.05, 0.1) is 10.6 Å². The topological polar surface area (TPSA) is 67.9 Å². The molecule has 3 rings (SSSR count). The van der Waals surface area contributed by atoms with Gasteiger partial charge in [0.2, 0.25) is 17.5 Å². The largest absolute Gasteiger partial charge is 0.443 e. The number of carbonyl (C=O) groups is 1. The van der Waals surface area contributed by atoms with Crippen LogP contribution in [-0.4, -0.2) is 23.4 Å². The fourth-order valence-electron chi connectivity index (χ4n) is 3.16. The molecule has 0 saturated heterocycles. The number of amides is 1. The van der Waals surface area contributed by atoms with Crippen molar-refractivity contribution < 1.29 is 13.9 Å². The van der Waals surface area contributed by atoms with Gasteiger partial charge in [-0.15, -0.1) is 29.9 Å². The van der Waals surface area contributed by atoms with E-state index in [1.54, 1.807) is 13.8 Å². The number of hydrogen-bond acceptors (Lipinski definition) is 4. The fraction of sp³-hybridized carbons (Fsp3) is 0.333. The van der Waals surface area contributed by atoms with Gasteiger partial charge in [0.25, 0.3) is 0 Å². The molecule has 2 N–H and O–H groups in total. The van der Waals surface area contributed by atoms with Gasteiger partial charge in [0.1, 0.15) is 5.82 Å². The first kappa shape index (κ1) is 26.2. The van der Waals surface area contributed by atoms with Crippen LogP contribution < -0.4 is 5.73 Å². The van der Waals surface area contributed by atoms with Crippen molar-refractivity contribution in [2.45, 2.75) is 32.4 Å². The molecule has 1 aliphatic heterocycles. The Morgan fingerprint density at radius 1 is 1.23 bits per heavy atom. The van der Waals surface area contributed by atoms with Crippen LogP contribution in [0.2, 0.25) is 5.02 Å². The van der Waals surface area contributed by atoms with Crippen LogP contribution in [0, 0.1) is 11.7 Å². The lowest BCUT2D eigenvalue weighted by Crippen LogP contribution is -2.46.